The molecule has 146 valence electrons. The average molecular weight is 421 g/mol. The summed E-state index contributed by atoms with van der Waals surface area (Å²) in [7, 11) is 0. The molecule has 3 heterocycles. The van der Waals surface area contributed by atoms with Crippen LogP contribution in [0.4, 0.5) is 0 Å². The number of ether oxygens (including phenoxy) is 3. The van der Waals surface area contributed by atoms with Gasteiger partial charge in [0, 0.05) is 12.8 Å². The van der Waals surface area contributed by atoms with Gasteiger partial charge in [0.1, 0.15) is 6.61 Å². The number of carbonyl (C=O) groups excluding carboxylic acids is 1. The van der Waals surface area contributed by atoms with Crippen molar-refractivity contribution in [3.05, 3.63) is 46.1 Å². The first-order chi connectivity index (χ1) is 13.7. The van der Waals surface area contributed by atoms with Crippen LogP contribution >= 0.6 is 22.9 Å². The monoisotopic (exact) mass is 420 g/mol. The maximum absolute atomic E-state index is 12.1. The average Bonchev–Trinajstić information content (AvgIpc) is 3.32. The smallest absolute Gasteiger partial charge is 0.306 e. The Kier molecular flexibility index (Phi) is 5.78. The van der Waals surface area contributed by atoms with Gasteiger partial charge in [-0.2, -0.15) is 4.98 Å². The van der Waals surface area contributed by atoms with Crippen LogP contribution in [0.1, 0.15) is 24.3 Å². The molecule has 0 spiro atoms. The number of fused-ring (bicyclic) bond motifs is 1. The number of aryl methyl sites for hydroxylation is 1. The zero-order valence-corrected chi connectivity index (χ0v) is 16.4. The van der Waals surface area contributed by atoms with Crippen LogP contribution in [-0.2, 0) is 22.6 Å². The van der Waals surface area contributed by atoms with Crippen LogP contribution in [0.25, 0.3) is 10.7 Å². The highest BCUT2D eigenvalue weighted by Gasteiger charge is 2.17. The highest BCUT2D eigenvalue weighted by atomic mass is 35.5. The van der Waals surface area contributed by atoms with Gasteiger partial charge in [0.05, 0.1) is 29.5 Å². The number of hydrogen-bond donors (Lipinski definition) is 0. The molecule has 0 saturated carbocycles. The van der Waals surface area contributed by atoms with E-state index in [1.54, 1.807) is 12.1 Å². The third kappa shape index (κ3) is 4.45. The molecule has 9 heteroatoms. The Bertz CT molecular complexity index is 957. The summed E-state index contributed by atoms with van der Waals surface area (Å²) >= 11 is 7.77. The molecule has 28 heavy (non-hydrogen) atoms. The number of thiophene rings is 1. The van der Waals surface area contributed by atoms with E-state index in [1.807, 2.05) is 17.5 Å². The molecule has 4 rings (SSSR count). The minimum Gasteiger partial charge on any atom is -0.489 e. The first-order valence-corrected chi connectivity index (χ1v) is 10.0. The van der Waals surface area contributed by atoms with Crippen LogP contribution < -0.4 is 9.47 Å². The van der Waals surface area contributed by atoms with Crippen LogP contribution in [0.3, 0.4) is 0 Å². The predicted molar refractivity (Wildman–Crippen MR) is 103 cm³/mol. The standard InChI is InChI=1S/C19H17ClN2O5S/c20-13-9-12(10-14-18(13)25-7-2-6-24-14)11-26-17(23)5-4-16-21-19(22-27-16)15-3-1-8-28-15/h1,3,8-10H,2,4-7,11H2. The van der Waals surface area contributed by atoms with E-state index in [4.69, 9.17) is 30.3 Å². The van der Waals surface area contributed by atoms with Crippen LogP contribution in [0.2, 0.25) is 5.02 Å². The number of halogens is 1. The van der Waals surface area contributed by atoms with Crippen molar-refractivity contribution >= 4 is 28.9 Å². The molecule has 3 aromatic rings. The number of nitrogens with zero attached hydrogens (tertiary/aromatic N) is 2. The number of esters is 1. The van der Waals surface area contributed by atoms with Gasteiger partial charge in [-0.05, 0) is 29.1 Å². The molecule has 1 aliphatic rings. The van der Waals surface area contributed by atoms with Crippen LogP contribution in [0.5, 0.6) is 11.5 Å². The molecule has 0 N–H and O–H groups in total. The molecule has 1 aromatic carbocycles. The number of aromatic nitrogens is 2. The molecule has 1 aliphatic heterocycles. The first-order valence-electron chi connectivity index (χ1n) is 8.79. The van der Waals surface area contributed by atoms with Gasteiger partial charge in [-0.1, -0.05) is 22.8 Å². The lowest BCUT2D eigenvalue weighted by atomic mass is 10.2. The van der Waals surface area contributed by atoms with E-state index in [0.29, 0.717) is 47.9 Å². The van der Waals surface area contributed by atoms with Crippen molar-refractivity contribution in [2.45, 2.75) is 25.9 Å². The first kappa shape index (κ1) is 18.8. The highest BCUT2D eigenvalue weighted by molar-refractivity contribution is 7.13. The number of hydrogen-bond acceptors (Lipinski definition) is 8. The second-order valence-corrected chi connectivity index (χ2v) is 7.46. The maximum Gasteiger partial charge on any atom is 0.306 e. The Morgan fingerprint density at radius 1 is 1.29 bits per heavy atom. The molecule has 0 fully saturated rings. The zero-order valence-electron chi connectivity index (χ0n) is 14.9. The molecular weight excluding hydrogens is 404 g/mol. The Hall–Kier alpha value is -2.58. The van der Waals surface area contributed by atoms with E-state index in [-0.39, 0.29) is 19.0 Å². The fourth-order valence-corrected chi connectivity index (χ4v) is 3.61. The summed E-state index contributed by atoms with van der Waals surface area (Å²) in [5.41, 5.74) is 0.736. The van der Waals surface area contributed by atoms with Gasteiger partial charge < -0.3 is 18.7 Å². The van der Waals surface area contributed by atoms with Gasteiger partial charge in [-0.15, -0.1) is 11.3 Å². The molecule has 0 bridgehead atoms. The van der Waals surface area contributed by atoms with Crippen molar-refractivity contribution < 1.29 is 23.5 Å². The van der Waals surface area contributed by atoms with E-state index in [0.717, 1.165) is 16.9 Å². The van der Waals surface area contributed by atoms with Gasteiger partial charge >= 0.3 is 5.97 Å². The second kappa shape index (κ2) is 8.62. The van der Waals surface area contributed by atoms with Gasteiger partial charge in [0.2, 0.25) is 11.7 Å². The predicted octanol–water partition coefficient (Wildman–Crippen LogP) is 4.29. The summed E-state index contributed by atoms with van der Waals surface area (Å²) in [6, 6.07) is 7.33. The van der Waals surface area contributed by atoms with E-state index in [9.17, 15) is 4.79 Å². The molecule has 0 radical (unpaired) electrons. The number of rotatable bonds is 6. The summed E-state index contributed by atoms with van der Waals surface area (Å²) in [5, 5.41) is 6.30. The summed E-state index contributed by atoms with van der Waals surface area (Å²) in [6.45, 7) is 1.22. The van der Waals surface area contributed by atoms with E-state index < -0.39 is 0 Å². The summed E-state index contributed by atoms with van der Waals surface area (Å²) in [6.07, 6.45) is 1.25. The Morgan fingerprint density at radius 3 is 3.04 bits per heavy atom. The van der Waals surface area contributed by atoms with Crippen molar-refractivity contribution in [3.8, 4) is 22.2 Å². The Balaban J connectivity index is 1.30. The van der Waals surface area contributed by atoms with Crippen molar-refractivity contribution in [1.82, 2.24) is 10.1 Å². The third-order valence-electron chi connectivity index (χ3n) is 4.01. The van der Waals surface area contributed by atoms with E-state index in [2.05, 4.69) is 10.1 Å². The van der Waals surface area contributed by atoms with Crippen molar-refractivity contribution in [2.24, 2.45) is 0 Å². The van der Waals surface area contributed by atoms with Gasteiger partial charge in [0.25, 0.3) is 0 Å². The van der Waals surface area contributed by atoms with Crippen molar-refractivity contribution in [2.75, 3.05) is 13.2 Å². The quantitative estimate of drug-likeness (QED) is 0.550. The van der Waals surface area contributed by atoms with Gasteiger partial charge in [-0.3, -0.25) is 4.79 Å². The minimum absolute atomic E-state index is 0.0967. The lowest BCUT2D eigenvalue weighted by molar-refractivity contribution is -0.145. The molecule has 2 aromatic heterocycles. The summed E-state index contributed by atoms with van der Waals surface area (Å²) < 4.78 is 21.7. The lowest BCUT2D eigenvalue weighted by Crippen LogP contribution is -2.06. The second-order valence-electron chi connectivity index (χ2n) is 6.11. The third-order valence-corrected chi connectivity index (χ3v) is 5.16. The molecular formula is C19H17ClN2O5S. The zero-order chi connectivity index (χ0) is 19.3. The summed E-state index contributed by atoms with van der Waals surface area (Å²) in [5.74, 6) is 1.67. The van der Waals surface area contributed by atoms with Crippen LogP contribution in [0.15, 0.2) is 34.2 Å². The Morgan fingerprint density at radius 2 is 2.18 bits per heavy atom. The van der Waals surface area contributed by atoms with E-state index >= 15 is 0 Å². The van der Waals surface area contributed by atoms with Crippen molar-refractivity contribution in [1.29, 1.82) is 0 Å². The minimum atomic E-state index is -0.362. The highest BCUT2D eigenvalue weighted by Crippen LogP contribution is 2.38. The lowest BCUT2D eigenvalue weighted by Gasteiger charge is -2.11. The van der Waals surface area contributed by atoms with E-state index in [1.165, 1.54) is 11.3 Å². The molecule has 0 amide bonds. The number of carbonyl (C=O) groups is 1. The fourth-order valence-electron chi connectivity index (χ4n) is 2.67. The largest absolute Gasteiger partial charge is 0.489 e. The van der Waals surface area contributed by atoms with Crippen LogP contribution in [-0.4, -0.2) is 29.3 Å². The molecule has 0 aliphatic carbocycles. The normalized spacial score (nSPS) is 13.2. The molecule has 0 atom stereocenters. The molecule has 0 unspecified atom stereocenters. The molecule has 0 saturated heterocycles. The fraction of sp³-hybridized carbons (Fsp3) is 0.316. The number of benzene rings is 1. The van der Waals surface area contributed by atoms with Gasteiger partial charge in [0.15, 0.2) is 11.5 Å². The summed E-state index contributed by atoms with van der Waals surface area (Å²) in [4.78, 5) is 17.3. The van der Waals surface area contributed by atoms with Gasteiger partial charge in [-0.25, -0.2) is 0 Å². The maximum atomic E-state index is 12.1. The Labute approximate surface area is 170 Å². The van der Waals surface area contributed by atoms with Crippen molar-refractivity contribution in [3.63, 3.8) is 0 Å². The SMILES string of the molecule is O=C(CCc1nc(-c2cccs2)no1)OCc1cc(Cl)c2c(c1)OCCCO2. The molecule has 7 nitrogen and oxygen atoms in total. The topological polar surface area (TPSA) is 83.7 Å². The van der Waals surface area contributed by atoms with Crippen LogP contribution in [0, 0.1) is 0 Å².